The van der Waals surface area contributed by atoms with Crippen molar-refractivity contribution in [2.75, 3.05) is 16.4 Å². The Hall–Kier alpha value is -6.98. The Morgan fingerprint density at radius 2 is 0.968 bits per heavy atom. The number of fused-ring (bicyclic) bond motifs is 3. The lowest BCUT2D eigenvalue weighted by molar-refractivity contribution is 0.337. The molecule has 0 bridgehead atoms. The van der Waals surface area contributed by atoms with Crippen LogP contribution in [0.25, 0.3) is 11.1 Å². The molecular formula is C57H52F2N2O. The summed E-state index contributed by atoms with van der Waals surface area (Å²) in [6.45, 7) is 16.2. The highest BCUT2D eigenvalue weighted by atomic mass is 19.1. The smallest absolute Gasteiger partial charge is 0.131 e. The standard InChI is InChI=1S/C57H52F2N2O/c1-8-10-11-12-55(58)42(7)57(52-34-31-49(62-9-2)37-56(52)59)53-35-47(60(43-21-13-38(3)14-22-43)44-23-15-39(4)16-24-44)29-32-50(53)51-33-30-48(36-54(51)57)61(45-25-17-40(5)18-26-45)46-27-19-41(6)20-28-46/h8,10-11,13-37H,1,9,12H2,2-7H3/b11-10-,55-42-. The van der Waals surface area contributed by atoms with Crippen LogP contribution in [0.3, 0.4) is 0 Å². The molecule has 7 aromatic carbocycles. The number of ether oxygens (including phenoxy) is 1. The largest absolute Gasteiger partial charge is 0.494 e. The van der Waals surface area contributed by atoms with Crippen LogP contribution in [0.1, 0.15) is 59.2 Å². The van der Waals surface area contributed by atoms with Crippen LogP contribution in [0.5, 0.6) is 5.75 Å². The molecule has 0 fully saturated rings. The molecule has 0 spiro atoms. The predicted molar refractivity (Wildman–Crippen MR) is 255 cm³/mol. The van der Waals surface area contributed by atoms with Gasteiger partial charge >= 0.3 is 0 Å². The van der Waals surface area contributed by atoms with Gasteiger partial charge in [-0.25, -0.2) is 8.78 Å². The molecule has 0 heterocycles. The Bertz CT molecular complexity index is 2570. The summed E-state index contributed by atoms with van der Waals surface area (Å²) in [5, 5.41) is 0. The molecular weight excluding hydrogens is 767 g/mol. The highest BCUT2D eigenvalue weighted by Crippen LogP contribution is 2.60. The maximum atomic E-state index is 17.4. The van der Waals surface area contributed by atoms with E-state index in [1.165, 1.54) is 6.07 Å². The number of allylic oxidation sites excluding steroid dienone is 5. The summed E-state index contributed by atoms with van der Waals surface area (Å²) in [4.78, 5) is 4.43. The molecule has 5 heteroatoms. The molecule has 310 valence electrons. The van der Waals surface area contributed by atoms with Crippen molar-refractivity contribution in [1.29, 1.82) is 0 Å². The molecule has 7 aromatic rings. The van der Waals surface area contributed by atoms with Crippen LogP contribution >= 0.6 is 0 Å². The van der Waals surface area contributed by atoms with Crippen molar-refractivity contribution in [3.8, 4) is 16.9 Å². The first-order valence-corrected chi connectivity index (χ1v) is 21.3. The third-order valence-electron chi connectivity index (χ3n) is 12.0. The summed E-state index contributed by atoms with van der Waals surface area (Å²) >= 11 is 0. The fourth-order valence-electron chi connectivity index (χ4n) is 8.82. The summed E-state index contributed by atoms with van der Waals surface area (Å²) in [7, 11) is 0. The predicted octanol–water partition coefficient (Wildman–Crippen LogP) is 16.1. The minimum absolute atomic E-state index is 0.0139. The van der Waals surface area contributed by atoms with Gasteiger partial charge in [-0.1, -0.05) is 114 Å². The molecule has 3 nitrogen and oxygen atoms in total. The Labute approximate surface area is 365 Å². The van der Waals surface area contributed by atoms with Gasteiger partial charge in [-0.05, 0) is 148 Å². The monoisotopic (exact) mass is 818 g/mol. The first-order valence-electron chi connectivity index (χ1n) is 21.3. The summed E-state index contributed by atoms with van der Waals surface area (Å²) in [5.74, 6) is -0.424. The van der Waals surface area contributed by atoms with Crippen LogP contribution < -0.4 is 14.5 Å². The average molecular weight is 819 g/mol. The summed E-state index contributed by atoms with van der Waals surface area (Å²) in [6.07, 6.45) is 5.15. The van der Waals surface area contributed by atoms with Gasteiger partial charge in [-0.15, -0.1) is 0 Å². The maximum Gasteiger partial charge on any atom is 0.131 e. The van der Waals surface area contributed by atoms with Crippen molar-refractivity contribution in [3.05, 3.63) is 233 Å². The third kappa shape index (κ3) is 7.75. The number of benzene rings is 7. The van der Waals surface area contributed by atoms with Crippen molar-refractivity contribution >= 4 is 34.1 Å². The molecule has 0 aromatic heterocycles. The lowest BCUT2D eigenvalue weighted by atomic mass is 9.66. The highest BCUT2D eigenvalue weighted by Gasteiger charge is 2.49. The Balaban J connectivity index is 1.46. The highest BCUT2D eigenvalue weighted by molar-refractivity contribution is 5.92. The number of halogens is 2. The molecule has 0 radical (unpaired) electrons. The van der Waals surface area contributed by atoms with E-state index in [0.29, 0.717) is 23.5 Å². The van der Waals surface area contributed by atoms with Gasteiger partial charge in [0.25, 0.3) is 0 Å². The molecule has 1 aliphatic carbocycles. The first-order chi connectivity index (χ1) is 30.0. The number of hydrogen-bond donors (Lipinski definition) is 0. The number of nitrogens with zero attached hydrogens (tertiary/aromatic N) is 2. The van der Waals surface area contributed by atoms with Crippen LogP contribution in [0.4, 0.5) is 42.9 Å². The number of aryl methyl sites for hydroxylation is 4. The Morgan fingerprint density at radius 1 is 0.565 bits per heavy atom. The summed E-state index contributed by atoms with van der Waals surface area (Å²) in [5.41, 5.74) is 12.9. The van der Waals surface area contributed by atoms with E-state index in [1.54, 1.807) is 30.4 Å². The number of rotatable bonds is 13. The van der Waals surface area contributed by atoms with Crippen molar-refractivity contribution in [3.63, 3.8) is 0 Å². The van der Waals surface area contributed by atoms with Crippen molar-refractivity contribution in [2.45, 2.75) is 53.4 Å². The van der Waals surface area contributed by atoms with E-state index >= 15 is 8.78 Å². The molecule has 1 aliphatic rings. The van der Waals surface area contributed by atoms with E-state index in [9.17, 15) is 0 Å². The average Bonchev–Trinajstić information content (AvgIpc) is 3.56. The normalized spacial score (nSPS) is 13.0. The molecule has 0 atom stereocenters. The van der Waals surface area contributed by atoms with Gasteiger partial charge in [0, 0.05) is 52.2 Å². The number of anilines is 6. The molecule has 0 aliphatic heterocycles. The van der Waals surface area contributed by atoms with Gasteiger partial charge < -0.3 is 14.5 Å². The second kappa shape index (κ2) is 17.6. The van der Waals surface area contributed by atoms with Crippen LogP contribution in [-0.2, 0) is 5.41 Å². The first kappa shape index (κ1) is 41.7. The van der Waals surface area contributed by atoms with E-state index in [2.05, 4.69) is 178 Å². The quantitative estimate of drug-likeness (QED) is 0.108. The minimum atomic E-state index is -1.41. The van der Waals surface area contributed by atoms with Crippen molar-refractivity contribution in [1.82, 2.24) is 0 Å². The lowest BCUT2D eigenvalue weighted by Gasteiger charge is -2.36. The second-order valence-corrected chi connectivity index (χ2v) is 16.2. The van der Waals surface area contributed by atoms with Crippen LogP contribution in [0.15, 0.2) is 188 Å². The van der Waals surface area contributed by atoms with E-state index in [0.717, 1.165) is 78.6 Å². The van der Waals surface area contributed by atoms with Gasteiger partial charge in [0.2, 0.25) is 0 Å². The molecule has 0 N–H and O–H groups in total. The van der Waals surface area contributed by atoms with Gasteiger partial charge in [0.05, 0.1) is 12.0 Å². The zero-order valence-electron chi connectivity index (χ0n) is 36.3. The lowest BCUT2D eigenvalue weighted by Crippen LogP contribution is -2.31. The van der Waals surface area contributed by atoms with Crippen LogP contribution in [0.2, 0.25) is 0 Å². The summed E-state index contributed by atoms with van der Waals surface area (Å²) in [6, 6.07) is 51.5. The molecule has 0 saturated carbocycles. The zero-order chi connectivity index (χ0) is 43.5. The van der Waals surface area contributed by atoms with E-state index in [1.807, 2.05) is 13.8 Å². The SMILES string of the molecule is C=C/C=C\C/C(F)=C(\C)C1(c2ccc(OCC)cc2F)c2cc(N(c3ccc(C)cc3)c3ccc(C)cc3)ccc2-c2ccc(N(c3ccc(C)cc3)c3ccc(C)cc3)cc21. The van der Waals surface area contributed by atoms with Crippen molar-refractivity contribution < 1.29 is 13.5 Å². The summed E-state index contributed by atoms with van der Waals surface area (Å²) < 4.78 is 40.6. The molecule has 62 heavy (non-hydrogen) atoms. The van der Waals surface area contributed by atoms with Crippen LogP contribution in [0, 0.1) is 33.5 Å². The molecule has 8 rings (SSSR count). The topological polar surface area (TPSA) is 15.7 Å². The van der Waals surface area contributed by atoms with Crippen LogP contribution in [-0.4, -0.2) is 6.61 Å². The fourth-order valence-corrected chi connectivity index (χ4v) is 8.82. The number of hydrogen-bond acceptors (Lipinski definition) is 3. The van der Waals surface area contributed by atoms with Crippen molar-refractivity contribution in [2.24, 2.45) is 0 Å². The molecule has 0 saturated heterocycles. The minimum Gasteiger partial charge on any atom is -0.494 e. The molecule has 0 unspecified atom stereocenters. The van der Waals surface area contributed by atoms with Gasteiger partial charge in [0.15, 0.2) is 0 Å². The van der Waals surface area contributed by atoms with Gasteiger partial charge in [-0.3, -0.25) is 0 Å². The van der Waals surface area contributed by atoms with E-state index in [-0.39, 0.29) is 12.2 Å². The Morgan fingerprint density at radius 3 is 1.34 bits per heavy atom. The fraction of sp³-hybridized carbons (Fsp3) is 0.158. The van der Waals surface area contributed by atoms with Gasteiger partial charge in [0.1, 0.15) is 17.4 Å². The second-order valence-electron chi connectivity index (χ2n) is 16.2. The Kier molecular flexibility index (Phi) is 11.8. The maximum absolute atomic E-state index is 17.4. The zero-order valence-corrected chi connectivity index (χ0v) is 36.3. The van der Waals surface area contributed by atoms with Gasteiger partial charge in [-0.2, -0.15) is 0 Å². The van der Waals surface area contributed by atoms with E-state index < -0.39 is 11.2 Å². The molecule has 0 amide bonds. The van der Waals surface area contributed by atoms with E-state index in [4.69, 9.17) is 4.74 Å². The third-order valence-corrected chi connectivity index (χ3v) is 12.0.